The first-order valence-electron chi connectivity index (χ1n) is 6.68. The number of nitrogens with one attached hydrogen (secondary N) is 1. The Labute approximate surface area is 99.2 Å². The largest absolute Gasteiger partial charge is 0.355 e. The van der Waals surface area contributed by atoms with E-state index in [2.05, 4.69) is 12.2 Å². The van der Waals surface area contributed by atoms with Crippen LogP contribution in [0.5, 0.6) is 0 Å². The molecule has 16 heavy (non-hydrogen) atoms. The number of carbonyl (C=O) groups excluding carboxylic acids is 1. The zero-order valence-corrected chi connectivity index (χ0v) is 10.7. The second kappa shape index (κ2) is 6.89. The first-order valence-corrected chi connectivity index (χ1v) is 6.68. The van der Waals surface area contributed by atoms with Gasteiger partial charge in [0.15, 0.2) is 0 Å². The predicted molar refractivity (Wildman–Crippen MR) is 67.0 cm³/mol. The Hall–Kier alpha value is -0.570. The Balaban J connectivity index is 2.13. The van der Waals surface area contributed by atoms with Gasteiger partial charge < -0.3 is 11.1 Å². The molecular weight excluding hydrogens is 200 g/mol. The van der Waals surface area contributed by atoms with E-state index in [-0.39, 0.29) is 17.9 Å². The minimum absolute atomic E-state index is 0.0207. The van der Waals surface area contributed by atoms with Gasteiger partial charge in [0.05, 0.1) is 6.04 Å². The Kier molecular flexibility index (Phi) is 5.81. The molecule has 3 nitrogen and oxygen atoms in total. The van der Waals surface area contributed by atoms with Crippen LogP contribution in [0.3, 0.4) is 0 Å². The lowest BCUT2D eigenvalue weighted by atomic mass is 9.99. The average Bonchev–Trinajstić information content (AvgIpc) is 2.79. The molecule has 0 aromatic heterocycles. The minimum atomic E-state index is -0.339. The van der Waals surface area contributed by atoms with Gasteiger partial charge in [-0.25, -0.2) is 0 Å². The Morgan fingerprint density at radius 1 is 1.44 bits per heavy atom. The molecule has 1 fully saturated rings. The summed E-state index contributed by atoms with van der Waals surface area (Å²) < 4.78 is 0. The SMILES string of the molecule is CCC(C)[C@H](N)C(=O)NCCC1CCCC1. The summed E-state index contributed by atoms with van der Waals surface area (Å²) in [6.07, 6.45) is 7.49. The highest BCUT2D eigenvalue weighted by atomic mass is 16.2. The summed E-state index contributed by atoms with van der Waals surface area (Å²) in [4.78, 5) is 11.7. The van der Waals surface area contributed by atoms with Gasteiger partial charge in [0.2, 0.25) is 5.91 Å². The molecule has 94 valence electrons. The molecule has 1 amide bonds. The third-order valence-corrected chi connectivity index (χ3v) is 3.89. The fraction of sp³-hybridized carbons (Fsp3) is 0.923. The molecule has 2 atom stereocenters. The van der Waals surface area contributed by atoms with Crippen LogP contribution in [-0.4, -0.2) is 18.5 Å². The Bertz CT molecular complexity index is 212. The topological polar surface area (TPSA) is 55.1 Å². The van der Waals surface area contributed by atoms with Crippen molar-refractivity contribution in [3.05, 3.63) is 0 Å². The van der Waals surface area contributed by atoms with Crippen molar-refractivity contribution in [1.82, 2.24) is 5.32 Å². The summed E-state index contributed by atoms with van der Waals surface area (Å²) in [7, 11) is 0. The summed E-state index contributed by atoms with van der Waals surface area (Å²) in [5, 5.41) is 2.96. The Morgan fingerprint density at radius 3 is 2.62 bits per heavy atom. The van der Waals surface area contributed by atoms with Crippen LogP contribution >= 0.6 is 0 Å². The van der Waals surface area contributed by atoms with Crippen molar-refractivity contribution in [2.75, 3.05) is 6.54 Å². The minimum Gasteiger partial charge on any atom is -0.355 e. The molecule has 1 saturated carbocycles. The summed E-state index contributed by atoms with van der Waals surface area (Å²) >= 11 is 0. The molecule has 0 aromatic rings. The molecule has 0 aliphatic heterocycles. The van der Waals surface area contributed by atoms with E-state index >= 15 is 0 Å². The fourth-order valence-electron chi connectivity index (χ4n) is 2.33. The van der Waals surface area contributed by atoms with Gasteiger partial charge in [0.1, 0.15) is 0 Å². The first kappa shape index (κ1) is 13.5. The maximum Gasteiger partial charge on any atom is 0.237 e. The van der Waals surface area contributed by atoms with E-state index in [4.69, 9.17) is 5.73 Å². The molecular formula is C13H26N2O. The molecule has 0 spiro atoms. The van der Waals surface area contributed by atoms with Crippen LogP contribution in [0.1, 0.15) is 52.4 Å². The lowest BCUT2D eigenvalue weighted by Crippen LogP contribution is -2.45. The normalized spacial score (nSPS) is 20.7. The molecule has 0 saturated heterocycles. The molecule has 1 unspecified atom stereocenters. The van der Waals surface area contributed by atoms with E-state index in [9.17, 15) is 4.79 Å². The van der Waals surface area contributed by atoms with Crippen molar-refractivity contribution in [3.8, 4) is 0 Å². The zero-order chi connectivity index (χ0) is 12.0. The number of rotatable bonds is 6. The van der Waals surface area contributed by atoms with Crippen LogP contribution in [0.2, 0.25) is 0 Å². The second-order valence-corrected chi connectivity index (χ2v) is 5.14. The standard InChI is InChI=1S/C13H26N2O/c1-3-10(2)12(14)13(16)15-9-8-11-6-4-5-7-11/h10-12H,3-9,14H2,1-2H3,(H,15,16)/t10?,12-/m0/s1. The molecule has 0 aromatic carbocycles. The third-order valence-electron chi connectivity index (χ3n) is 3.89. The predicted octanol–water partition coefficient (Wildman–Crippen LogP) is 2.06. The molecule has 1 aliphatic carbocycles. The molecule has 1 aliphatic rings. The smallest absolute Gasteiger partial charge is 0.237 e. The highest BCUT2D eigenvalue weighted by Gasteiger charge is 2.20. The summed E-state index contributed by atoms with van der Waals surface area (Å²) in [6, 6.07) is -0.339. The molecule has 0 bridgehead atoms. The van der Waals surface area contributed by atoms with E-state index in [1.807, 2.05) is 6.92 Å². The lowest BCUT2D eigenvalue weighted by molar-refractivity contribution is -0.123. The van der Waals surface area contributed by atoms with E-state index in [0.717, 1.165) is 25.3 Å². The quantitative estimate of drug-likeness (QED) is 0.728. The van der Waals surface area contributed by atoms with Gasteiger partial charge in [-0.15, -0.1) is 0 Å². The lowest BCUT2D eigenvalue weighted by Gasteiger charge is -2.18. The number of carbonyl (C=O) groups is 1. The Morgan fingerprint density at radius 2 is 2.06 bits per heavy atom. The highest BCUT2D eigenvalue weighted by Crippen LogP contribution is 2.26. The number of hydrogen-bond donors (Lipinski definition) is 2. The number of amides is 1. The van der Waals surface area contributed by atoms with Crippen molar-refractivity contribution in [1.29, 1.82) is 0 Å². The van der Waals surface area contributed by atoms with E-state index in [1.165, 1.54) is 25.7 Å². The van der Waals surface area contributed by atoms with Gasteiger partial charge in [-0.05, 0) is 18.3 Å². The highest BCUT2D eigenvalue weighted by molar-refractivity contribution is 5.81. The van der Waals surface area contributed by atoms with Gasteiger partial charge in [-0.3, -0.25) is 4.79 Å². The van der Waals surface area contributed by atoms with Gasteiger partial charge in [0.25, 0.3) is 0 Å². The maximum atomic E-state index is 11.7. The van der Waals surface area contributed by atoms with Crippen LogP contribution in [0.25, 0.3) is 0 Å². The van der Waals surface area contributed by atoms with Gasteiger partial charge in [-0.1, -0.05) is 46.0 Å². The van der Waals surface area contributed by atoms with Crippen LogP contribution < -0.4 is 11.1 Å². The summed E-state index contributed by atoms with van der Waals surface area (Å²) in [5.41, 5.74) is 5.85. The van der Waals surface area contributed by atoms with Gasteiger partial charge in [0, 0.05) is 6.54 Å². The van der Waals surface area contributed by atoms with E-state index in [0.29, 0.717) is 0 Å². The zero-order valence-electron chi connectivity index (χ0n) is 10.7. The number of nitrogens with two attached hydrogens (primary N) is 1. The van der Waals surface area contributed by atoms with Crippen LogP contribution in [-0.2, 0) is 4.79 Å². The van der Waals surface area contributed by atoms with Crippen molar-refractivity contribution < 1.29 is 4.79 Å². The third kappa shape index (κ3) is 4.12. The fourth-order valence-corrected chi connectivity index (χ4v) is 2.33. The van der Waals surface area contributed by atoms with Gasteiger partial charge >= 0.3 is 0 Å². The molecule has 3 heteroatoms. The van der Waals surface area contributed by atoms with Crippen molar-refractivity contribution in [2.24, 2.45) is 17.6 Å². The van der Waals surface area contributed by atoms with Crippen LogP contribution in [0.4, 0.5) is 0 Å². The van der Waals surface area contributed by atoms with Crippen LogP contribution in [0, 0.1) is 11.8 Å². The summed E-state index contributed by atoms with van der Waals surface area (Å²) in [5.74, 6) is 1.12. The van der Waals surface area contributed by atoms with Crippen LogP contribution in [0.15, 0.2) is 0 Å². The molecule has 3 N–H and O–H groups in total. The average molecular weight is 226 g/mol. The van der Waals surface area contributed by atoms with Gasteiger partial charge in [-0.2, -0.15) is 0 Å². The van der Waals surface area contributed by atoms with Crippen molar-refractivity contribution in [3.63, 3.8) is 0 Å². The summed E-state index contributed by atoms with van der Waals surface area (Å²) in [6.45, 7) is 4.89. The van der Waals surface area contributed by atoms with Crippen molar-refractivity contribution in [2.45, 2.75) is 58.4 Å². The second-order valence-electron chi connectivity index (χ2n) is 5.14. The van der Waals surface area contributed by atoms with E-state index in [1.54, 1.807) is 0 Å². The molecule has 1 rings (SSSR count). The number of hydrogen-bond acceptors (Lipinski definition) is 2. The van der Waals surface area contributed by atoms with Crippen molar-refractivity contribution >= 4 is 5.91 Å². The maximum absolute atomic E-state index is 11.7. The molecule has 0 heterocycles. The monoisotopic (exact) mass is 226 g/mol. The first-order chi connectivity index (χ1) is 7.65. The van der Waals surface area contributed by atoms with E-state index < -0.39 is 0 Å². The molecule has 0 radical (unpaired) electrons.